The molecule has 64 valence electrons. The van der Waals surface area contributed by atoms with E-state index in [0.29, 0.717) is 0 Å². The standard InChI is InChI=1S/C11H13Br/c12-8-7-10-4-1-3-9-5-2-6-11(9)10/h1,3-4H,2,5-8H2. The first-order chi connectivity index (χ1) is 5.92. The molecule has 0 saturated heterocycles. The molecule has 0 heterocycles. The lowest BCUT2D eigenvalue weighted by Crippen LogP contribution is -1.93. The third kappa shape index (κ3) is 1.42. The number of hydrogen-bond acceptors (Lipinski definition) is 0. The Kier molecular flexibility index (Phi) is 2.50. The second-order valence-electron chi connectivity index (χ2n) is 3.35. The molecule has 0 unspecified atom stereocenters. The Morgan fingerprint density at radius 2 is 2.17 bits per heavy atom. The molecule has 0 aliphatic heterocycles. The summed E-state index contributed by atoms with van der Waals surface area (Å²) in [6.07, 6.45) is 5.14. The van der Waals surface area contributed by atoms with Crippen LogP contribution in [0.25, 0.3) is 0 Å². The lowest BCUT2D eigenvalue weighted by molar-refractivity contribution is 0.906. The average molecular weight is 225 g/mol. The second kappa shape index (κ2) is 3.61. The van der Waals surface area contributed by atoms with Crippen LogP contribution in [0.4, 0.5) is 0 Å². The number of benzene rings is 1. The third-order valence-corrected chi connectivity index (χ3v) is 3.00. The number of fused-ring (bicyclic) bond motifs is 1. The molecule has 1 aromatic carbocycles. The van der Waals surface area contributed by atoms with Crippen molar-refractivity contribution in [1.29, 1.82) is 0 Å². The first-order valence-corrected chi connectivity index (χ1v) is 5.69. The number of hydrogen-bond donors (Lipinski definition) is 0. The number of halogens is 1. The largest absolute Gasteiger partial charge is 0.0924 e. The van der Waals surface area contributed by atoms with Crippen LogP contribution in [0.5, 0.6) is 0 Å². The average Bonchev–Trinajstić information content (AvgIpc) is 2.53. The SMILES string of the molecule is BrCCc1cccc2c1CCC2. The van der Waals surface area contributed by atoms with Crippen molar-refractivity contribution in [2.24, 2.45) is 0 Å². The molecular formula is C11H13Br. The summed E-state index contributed by atoms with van der Waals surface area (Å²) in [6.45, 7) is 0. The van der Waals surface area contributed by atoms with Crippen LogP contribution < -0.4 is 0 Å². The molecule has 0 saturated carbocycles. The van der Waals surface area contributed by atoms with Crippen LogP contribution in [0.3, 0.4) is 0 Å². The van der Waals surface area contributed by atoms with Crippen molar-refractivity contribution < 1.29 is 0 Å². The Morgan fingerprint density at radius 1 is 1.25 bits per heavy atom. The molecule has 1 heteroatoms. The van der Waals surface area contributed by atoms with E-state index >= 15 is 0 Å². The lowest BCUT2D eigenvalue weighted by atomic mass is 10.0. The minimum atomic E-state index is 1.09. The van der Waals surface area contributed by atoms with Crippen LogP contribution in [-0.4, -0.2) is 5.33 Å². The molecule has 0 atom stereocenters. The van der Waals surface area contributed by atoms with Gasteiger partial charge in [-0.3, -0.25) is 0 Å². The molecule has 0 aromatic heterocycles. The molecule has 0 nitrogen and oxygen atoms in total. The van der Waals surface area contributed by atoms with Crippen LogP contribution in [0.15, 0.2) is 18.2 Å². The van der Waals surface area contributed by atoms with Crippen LogP contribution in [0, 0.1) is 0 Å². The number of rotatable bonds is 2. The molecule has 0 amide bonds. The van der Waals surface area contributed by atoms with Gasteiger partial charge in [0.2, 0.25) is 0 Å². The molecule has 0 fully saturated rings. The number of aryl methyl sites for hydroxylation is 2. The van der Waals surface area contributed by atoms with E-state index in [9.17, 15) is 0 Å². The summed E-state index contributed by atoms with van der Waals surface area (Å²) in [7, 11) is 0. The van der Waals surface area contributed by atoms with Gasteiger partial charge in [0.1, 0.15) is 0 Å². The van der Waals surface area contributed by atoms with Gasteiger partial charge in [-0.2, -0.15) is 0 Å². The highest BCUT2D eigenvalue weighted by molar-refractivity contribution is 9.09. The summed E-state index contributed by atoms with van der Waals surface area (Å²) in [4.78, 5) is 0. The summed E-state index contributed by atoms with van der Waals surface area (Å²) in [5.41, 5.74) is 4.78. The van der Waals surface area contributed by atoms with E-state index in [-0.39, 0.29) is 0 Å². The van der Waals surface area contributed by atoms with Crippen molar-refractivity contribution in [2.75, 3.05) is 5.33 Å². The summed E-state index contributed by atoms with van der Waals surface area (Å²) >= 11 is 3.49. The van der Waals surface area contributed by atoms with Gasteiger partial charge in [-0.25, -0.2) is 0 Å². The van der Waals surface area contributed by atoms with Gasteiger partial charge >= 0.3 is 0 Å². The van der Waals surface area contributed by atoms with Gasteiger partial charge in [-0.1, -0.05) is 34.1 Å². The Balaban J connectivity index is 2.36. The smallest absolute Gasteiger partial charge is 0.00719 e. The Labute approximate surface area is 82.1 Å². The first-order valence-electron chi connectivity index (χ1n) is 4.57. The topological polar surface area (TPSA) is 0 Å². The van der Waals surface area contributed by atoms with E-state index in [4.69, 9.17) is 0 Å². The molecule has 2 rings (SSSR count). The minimum absolute atomic E-state index is 1.09. The minimum Gasteiger partial charge on any atom is -0.0924 e. The van der Waals surface area contributed by atoms with Crippen molar-refractivity contribution in [3.8, 4) is 0 Å². The van der Waals surface area contributed by atoms with Gasteiger partial charge < -0.3 is 0 Å². The van der Waals surface area contributed by atoms with Crippen molar-refractivity contribution in [3.63, 3.8) is 0 Å². The highest BCUT2D eigenvalue weighted by atomic mass is 79.9. The first kappa shape index (κ1) is 8.31. The maximum Gasteiger partial charge on any atom is 0.00719 e. The van der Waals surface area contributed by atoms with E-state index in [2.05, 4.69) is 34.1 Å². The molecule has 1 aromatic rings. The molecular weight excluding hydrogens is 212 g/mol. The zero-order valence-electron chi connectivity index (χ0n) is 7.15. The number of alkyl halides is 1. The Bertz CT molecular complexity index is 278. The quantitative estimate of drug-likeness (QED) is 0.678. The zero-order valence-corrected chi connectivity index (χ0v) is 8.73. The predicted molar refractivity (Wildman–Crippen MR) is 56.0 cm³/mol. The van der Waals surface area contributed by atoms with Gasteiger partial charge in [0.05, 0.1) is 0 Å². The van der Waals surface area contributed by atoms with Crippen molar-refractivity contribution >= 4 is 15.9 Å². The van der Waals surface area contributed by atoms with E-state index in [1.807, 2.05) is 0 Å². The molecule has 0 spiro atoms. The molecule has 1 aliphatic carbocycles. The van der Waals surface area contributed by atoms with Crippen molar-refractivity contribution in [1.82, 2.24) is 0 Å². The van der Waals surface area contributed by atoms with Crippen LogP contribution in [-0.2, 0) is 19.3 Å². The van der Waals surface area contributed by atoms with Gasteiger partial charge in [-0.05, 0) is 42.4 Å². The predicted octanol–water partition coefficient (Wildman–Crippen LogP) is 3.11. The molecule has 1 aliphatic rings. The van der Waals surface area contributed by atoms with Crippen molar-refractivity contribution in [2.45, 2.75) is 25.7 Å². The van der Waals surface area contributed by atoms with E-state index < -0.39 is 0 Å². The van der Waals surface area contributed by atoms with Crippen molar-refractivity contribution in [3.05, 3.63) is 34.9 Å². The lowest BCUT2D eigenvalue weighted by Gasteiger charge is -2.05. The fourth-order valence-electron chi connectivity index (χ4n) is 2.03. The highest BCUT2D eigenvalue weighted by Gasteiger charge is 2.12. The highest BCUT2D eigenvalue weighted by Crippen LogP contribution is 2.25. The van der Waals surface area contributed by atoms with Gasteiger partial charge in [0.25, 0.3) is 0 Å². The zero-order chi connectivity index (χ0) is 8.39. The van der Waals surface area contributed by atoms with E-state index in [1.165, 1.54) is 25.7 Å². The monoisotopic (exact) mass is 224 g/mol. The maximum atomic E-state index is 3.49. The summed E-state index contributed by atoms with van der Waals surface area (Å²) in [5.74, 6) is 0. The fraction of sp³-hybridized carbons (Fsp3) is 0.455. The molecule has 0 N–H and O–H groups in total. The second-order valence-corrected chi connectivity index (χ2v) is 4.14. The summed E-state index contributed by atoms with van der Waals surface area (Å²) in [6, 6.07) is 6.74. The maximum absolute atomic E-state index is 3.49. The van der Waals surface area contributed by atoms with E-state index in [1.54, 1.807) is 16.7 Å². The molecule has 12 heavy (non-hydrogen) atoms. The Hall–Kier alpha value is -0.300. The summed E-state index contributed by atoms with van der Waals surface area (Å²) < 4.78 is 0. The van der Waals surface area contributed by atoms with Crippen LogP contribution >= 0.6 is 15.9 Å². The van der Waals surface area contributed by atoms with Crippen LogP contribution in [0.2, 0.25) is 0 Å². The molecule has 0 radical (unpaired) electrons. The van der Waals surface area contributed by atoms with Gasteiger partial charge in [0.15, 0.2) is 0 Å². The summed E-state index contributed by atoms with van der Waals surface area (Å²) in [5, 5.41) is 1.09. The van der Waals surface area contributed by atoms with E-state index in [0.717, 1.165) is 5.33 Å². The van der Waals surface area contributed by atoms with Gasteiger partial charge in [0, 0.05) is 5.33 Å². The Morgan fingerprint density at radius 3 is 3.00 bits per heavy atom. The van der Waals surface area contributed by atoms with Gasteiger partial charge in [-0.15, -0.1) is 0 Å². The normalized spacial score (nSPS) is 14.8. The fourth-order valence-corrected chi connectivity index (χ4v) is 2.46. The van der Waals surface area contributed by atoms with Crippen LogP contribution in [0.1, 0.15) is 23.1 Å². The third-order valence-electron chi connectivity index (χ3n) is 2.61. The molecule has 0 bridgehead atoms.